The van der Waals surface area contributed by atoms with E-state index >= 15 is 0 Å². The van der Waals surface area contributed by atoms with Crippen LogP contribution in [0.15, 0.2) is 22.3 Å². The average molecular weight is 369 g/mol. The van der Waals surface area contributed by atoms with Gasteiger partial charge in [-0.25, -0.2) is 0 Å². The molecular formula is C14H13BrN2O3S. The van der Waals surface area contributed by atoms with Crippen LogP contribution < -0.4 is 9.47 Å². The molecule has 1 aromatic rings. The summed E-state index contributed by atoms with van der Waals surface area (Å²) >= 11 is 8.77. The summed E-state index contributed by atoms with van der Waals surface area (Å²) in [6, 6.07) is 3.68. The maximum Gasteiger partial charge on any atom is 0.276 e. The number of fused-ring (bicyclic) bond motifs is 1. The zero-order valence-corrected chi connectivity index (χ0v) is 14.0. The Balaban J connectivity index is 2.02. The van der Waals surface area contributed by atoms with Crippen LogP contribution in [0.3, 0.4) is 0 Å². The quantitative estimate of drug-likeness (QED) is 0.592. The summed E-state index contributed by atoms with van der Waals surface area (Å²) < 4.78 is 11.5. The van der Waals surface area contributed by atoms with Crippen molar-refractivity contribution >= 4 is 45.2 Å². The molecule has 1 fully saturated rings. The second-order valence-electron chi connectivity index (χ2n) is 4.65. The Kier molecular flexibility index (Phi) is 3.62. The first-order chi connectivity index (χ1) is 10.0. The number of amides is 1. The molecule has 2 heterocycles. The van der Waals surface area contributed by atoms with Crippen LogP contribution >= 0.6 is 28.1 Å². The number of hydrogen-bond donors (Lipinski definition) is 0. The topological polar surface area (TPSA) is 42.0 Å². The predicted molar refractivity (Wildman–Crippen MR) is 86.0 cm³/mol. The maximum atomic E-state index is 12.4. The van der Waals surface area contributed by atoms with Gasteiger partial charge in [0.2, 0.25) is 6.79 Å². The van der Waals surface area contributed by atoms with Crippen LogP contribution in [-0.4, -0.2) is 41.2 Å². The van der Waals surface area contributed by atoms with Gasteiger partial charge >= 0.3 is 0 Å². The van der Waals surface area contributed by atoms with E-state index in [1.807, 2.05) is 19.1 Å². The van der Waals surface area contributed by atoms with Gasteiger partial charge in [0.1, 0.15) is 5.70 Å². The third-order valence-electron chi connectivity index (χ3n) is 3.44. The number of carbonyl (C=O) groups excluding carboxylic acids is 1. The number of likely N-dealkylation sites (N-methyl/N-ethyl adjacent to an activating group) is 2. The molecule has 0 aliphatic carbocycles. The van der Waals surface area contributed by atoms with Gasteiger partial charge in [0.15, 0.2) is 16.6 Å². The summed E-state index contributed by atoms with van der Waals surface area (Å²) in [5.41, 5.74) is 1.39. The van der Waals surface area contributed by atoms with Crippen LogP contribution in [-0.2, 0) is 4.79 Å². The lowest BCUT2D eigenvalue weighted by molar-refractivity contribution is -0.122. The van der Waals surface area contributed by atoms with Gasteiger partial charge < -0.3 is 14.4 Å². The molecule has 7 heteroatoms. The zero-order valence-electron chi connectivity index (χ0n) is 11.6. The zero-order chi connectivity index (χ0) is 15.1. The van der Waals surface area contributed by atoms with Gasteiger partial charge in [-0.1, -0.05) is 15.9 Å². The molecular weight excluding hydrogens is 356 g/mol. The van der Waals surface area contributed by atoms with Crippen molar-refractivity contribution in [1.29, 1.82) is 0 Å². The fourth-order valence-electron chi connectivity index (χ4n) is 2.28. The molecule has 0 atom stereocenters. The van der Waals surface area contributed by atoms with Gasteiger partial charge in [-0.05, 0) is 42.9 Å². The fourth-order valence-corrected chi connectivity index (χ4v) is 3.03. The minimum absolute atomic E-state index is 0.0884. The monoisotopic (exact) mass is 368 g/mol. The number of halogens is 1. The largest absolute Gasteiger partial charge is 0.454 e. The number of ether oxygens (including phenoxy) is 2. The van der Waals surface area contributed by atoms with Crippen molar-refractivity contribution in [1.82, 2.24) is 9.80 Å². The van der Waals surface area contributed by atoms with Gasteiger partial charge in [0.25, 0.3) is 5.91 Å². The Bertz CT molecular complexity index is 674. The minimum atomic E-state index is -0.0884. The molecule has 0 unspecified atom stereocenters. The Labute approximate surface area is 136 Å². The summed E-state index contributed by atoms with van der Waals surface area (Å²) in [6.07, 6.45) is 1.80. The number of benzene rings is 1. The molecule has 0 N–H and O–H groups in total. The van der Waals surface area contributed by atoms with Crippen molar-refractivity contribution in [3.8, 4) is 11.5 Å². The Morgan fingerprint density at radius 1 is 1.38 bits per heavy atom. The van der Waals surface area contributed by atoms with Crippen molar-refractivity contribution in [3.63, 3.8) is 0 Å². The van der Waals surface area contributed by atoms with Gasteiger partial charge in [-0.3, -0.25) is 9.69 Å². The predicted octanol–water partition coefficient (Wildman–Crippen LogP) is 2.60. The minimum Gasteiger partial charge on any atom is -0.454 e. The van der Waals surface area contributed by atoms with Gasteiger partial charge in [0, 0.05) is 18.1 Å². The second-order valence-corrected chi connectivity index (χ2v) is 5.87. The highest BCUT2D eigenvalue weighted by molar-refractivity contribution is 9.10. The normalized spacial score (nSPS) is 19.1. The van der Waals surface area contributed by atoms with Crippen LogP contribution in [0.5, 0.6) is 11.5 Å². The standard InChI is InChI=1S/C14H13BrN2O3S/c1-3-17-13(18)10(16(2)14(17)21)4-8-5-11-12(6-9(8)15)20-7-19-11/h4-6H,3,7H2,1-2H3/b10-4-. The van der Waals surface area contributed by atoms with Crippen molar-refractivity contribution in [2.75, 3.05) is 20.4 Å². The number of carbonyl (C=O) groups is 1. The van der Waals surface area contributed by atoms with E-state index in [9.17, 15) is 4.79 Å². The summed E-state index contributed by atoms with van der Waals surface area (Å²) in [7, 11) is 1.79. The van der Waals surface area contributed by atoms with E-state index in [1.54, 1.807) is 22.9 Å². The fraction of sp³-hybridized carbons (Fsp3) is 0.286. The highest BCUT2D eigenvalue weighted by atomic mass is 79.9. The molecule has 1 aromatic carbocycles. The molecule has 5 nitrogen and oxygen atoms in total. The van der Waals surface area contributed by atoms with Crippen LogP contribution in [0.2, 0.25) is 0 Å². The third kappa shape index (κ3) is 2.30. The van der Waals surface area contributed by atoms with Crippen molar-refractivity contribution < 1.29 is 14.3 Å². The average Bonchev–Trinajstić information content (AvgIpc) is 2.98. The van der Waals surface area contributed by atoms with E-state index in [0.29, 0.717) is 28.9 Å². The SMILES string of the molecule is CCN1C(=O)/C(=C/c2cc3c(cc2Br)OCO3)N(C)C1=S. The second kappa shape index (κ2) is 5.31. The summed E-state index contributed by atoms with van der Waals surface area (Å²) in [5, 5.41) is 0.519. The van der Waals surface area contributed by atoms with E-state index in [0.717, 1.165) is 10.0 Å². The molecule has 0 aromatic heterocycles. The van der Waals surface area contributed by atoms with Crippen LogP contribution in [0, 0.1) is 0 Å². The molecule has 2 aliphatic rings. The first kappa shape index (κ1) is 14.3. The lowest BCUT2D eigenvalue weighted by Gasteiger charge is -2.13. The van der Waals surface area contributed by atoms with E-state index in [-0.39, 0.29) is 12.7 Å². The highest BCUT2D eigenvalue weighted by Crippen LogP contribution is 2.38. The number of thiocarbonyl (C=S) groups is 1. The lowest BCUT2D eigenvalue weighted by atomic mass is 10.1. The van der Waals surface area contributed by atoms with E-state index < -0.39 is 0 Å². The molecule has 21 heavy (non-hydrogen) atoms. The third-order valence-corrected chi connectivity index (χ3v) is 4.62. The first-order valence-corrected chi connectivity index (χ1v) is 7.63. The summed E-state index contributed by atoms with van der Waals surface area (Å²) in [5.74, 6) is 1.28. The molecule has 3 rings (SSSR count). The smallest absolute Gasteiger partial charge is 0.276 e. The number of nitrogens with zero attached hydrogens (tertiary/aromatic N) is 2. The van der Waals surface area contributed by atoms with Crippen molar-refractivity contribution in [3.05, 3.63) is 27.9 Å². The molecule has 0 radical (unpaired) electrons. The molecule has 110 valence electrons. The van der Waals surface area contributed by atoms with Crippen LogP contribution in [0.1, 0.15) is 12.5 Å². The van der Waals surface area contributed by atoms with Crippen molar-refractivity contribution in [2.24, 2.45) is 0 Å². The molecule has 1 saturated heterocycles. The molecule has 0 bridgehead atoms. The maximum absolute atomic E-state index is 12.4. The van der Waals surface area contributed by atoms with E-state index in [1.165, 1.54) is 0 Å². The lowest BCUT2D eigenvalue weighted by Crippen LogP contribution is -2.30. The highest BCUT2D eigenvalue weighted by Gasteiger charge is 2.34. The molecule has 0 saturated carbocycles. The van der Waals surface area contributed by atoms with E-state index in [2.05, 4.69) is 15.9 Å². The van der Waals surface area contributed by atoms with Gasteiger partial charge in [-0.2, -0.15) is 0 Å². The van der Waals surface area contributed by atoms with Crippen molar-refractivity contribution in [2.45, 2.75) is 6.92 Å². The Morgan fingerprint density at radius 2 is 2.05 bits per heavy atom. The number of rotatable bonds is 2. The van der Waals surface area contributed by atoms with Gasteiger partial charge in [-0.15, -0.1) is 0 Å². The van der Waals surface area contributed by atoms with Gasteiger partial charge in [0.05, 0.1) is 0 Å². The van der Waals surface area contributed by atoms with Crippen LogP contribution in [0.4, 0.5) is 0 Å². The molecule has 2 aliphatic heterocycles. The molecule has 1 amide bonds. The summed E-state index contributed by atoms with van der Waals surface area (Å²) in [4.78, 5) is 15.7. The first-order valence-electron chi connectivity index (χ1n) is 6.43. The Morgan fingerprint density at radius 3 is 2.67 bits per heavy atom. The molecule has 0 spiro atoms. The van der Waals surface area contributed by atoms with Crippen LogP contribution in [0.25, 0.3) is 6.08 Å². The Hall–Kier alpha value is -1.60. The summed E-state index contributed by atoms with van der Waals surface area (Å²) in [6.45, 7) is 2.67. The number of hydrogen-bond acceptors (Lipinski definition) is 4. The van der Waals surface area contributed by atoms with E-state index in [4.69, 9.17) is 21.7 Å².